The van der Waals surface area contributed by atoms with Crippen molar-refractivity contribution >= 4 is 16.6 Å². The summed E-state index contributed by atoms with van der Waals surface area (Å²) in [6.45, 7) is 4.14. The lowest BCUT2D eigenvalue weighted by Gasteiger charge is -2.23. The molecule has 2 aromatic rings. The van der Waals surface area contributed by atoms with Gasteiger partial charge in [0.2, 0.25) is 0 Å². The number of aromatic nitrogens is 2. The number of benzene rings is 1. The van der Waals surface area contributed by atoms with Gasteiger partial charge in [0.15, 0.2) is 5.82 Å². The summed E-state index contributed by atoms with van der Waals surface area (Å²) in [5.41, 5.74) is 0.992. The van der Waals surface area contributed by atoms with Gasteiger partial charge in [-0.15, -0.1) is 5.10 Å². The van der Waals surface area contributed by atoms with E-state index in [0.29, 0.717) is 6.04 Å². The molecule has 0 aliphatic carbocycles. The molecule has 100 valence electrons. The molecule has 0 amide bonds. The van der Waals surface area contributed by atoms with Gasteiger partial charge in [-0.25, -0.2) is 0 Å². The van der Waals surface area contributed by atoms with Crippen LogP contribution >= 0.6 is 0 Å². The molecule has 1 aliphatic heterocycles. The van der Waals surface area contributed by atoms with E-state index in [9.17, 15) is 0 Å². The SMILES string of the molecule is Cc1nnc(N(C)CC2CCCN2)c2ccccc12. The number of aryl methyl sites for hydroxylation is 1. The van der Waals surface area contributed by atoms with Crippen molar-refractivity contribution in [1.29, 1.82) is 0 Å². The van der Waals surface area contributed by atoms with Crippen LogP contribution in [0.1, 0.15) is 18.5 Å². The van der Waals surface area contributed by atoms with Crippen molar-refractivity contribution in [1.82, 2.24) is 15.5 Å². The monoisotopic (exact) mass is 256 g/mol. The van der Waals surface area contributed by atoms with Crippen molar-refractivity contribution in [3.63, 3.8) is 0 Å². The third kappa shape index (κ3) is 2.40. The van der Waals surface area contributed by atoms with E-state index in [0.717, 1.165) is 24.6 Å². The first-order chi connectivity index (χ1) is 9.25. The molecule has 4 heteroatoms. The number of rotatable bonds is 3. The van der Waals surface area contributed by atoms with Gasteiger partial charge in [0.1, 0.15) is 0 Å². The van der Waals surface area contributed by atoms with Crippen molar-refractivity contribution in [2.75, 3.05) is 25.0 Å². The van der Waals surface area contributed by atoms with Crippen molar-refractivity contribution in [2.24, 2.45) is 0 Å². The molecule has 1 aromatic heterocycles. The van der Waals surface area contributed by atoms with Crippen molar-refractivity contribution in [2.45, 2.75) is 25.8 Å². The molecule has 1 unspecified atom stereocenters. The van der Waals surface area contributed by atoms with Gasteiger partial charge < -0.3 is 10.2 Å². The standard InChI is InChI=1S/C15H20N4/c1-11-13-7-3-4-8-14(13)15(18-17-11)19(2)10-12-6-5-9-16-12/h3-4,7-8,12,16H,5-6,9-10H2,1-2H3. The highest BCUT2D eigenvalue weighted by Crippen LogP contribution is 2.25. The highest BCUT2D eigenvalue weighted by atomic mass is 15.3. The van der Waals surface area contributed by atoms with E-state index >= 15 is 0 Å². The van der Waals surface area contributed by atoms with Gasteiger partial charge in [-0.3, -0.25) is 0 Å². The van der Waals surface area contributed by atoms with E-state index in [1.54, 1.807) is 0 Å². The number of likely N-dealkylation sites (N-methyl/N-ethyl adjacent to an activating group) is 1. The largest absolute Gasteiger partial charge is 0.356 e. The van der Waals surface area contributed by atoms with E-state index in [1.165, 1.54) is 23.6 Å². The Labute approximate surface area is 113 Å². The third-order valence-electron chi connectivity index (χ3n) is 3.87. The maximum absolute atomic E-state index is 4.40. The Balaban J connectivity index is 1.93. The van der Waals surface area contributed by atoms with E-state index in [1.807, 2.05) is 6.92 Å². The minimum Gasteiger partial charge on any atom is -0.356 e. The van der Waals surface area contributed by atoms with E-state index in [2.05, 4.69) is 51.7 Å². The van der Waals surface area contributed by atoms with Crippen LogP contribution < -0.4 is 10.2 Å². The van der Waals surface area contributed by atoms with Gasteiger partial charge in [-0.1, -0.05) is 24.3 Å². The molecule has 1 aliphatic rings. The number of anilines is 1. The second-order valence-electron chi connectivity index (χ2n) is 5.33. The van der Waals surface area contributed by atoms with Gasteiger partial charge in [-0.2, -0.15) is 5.10 Å². The van der Waals surface area contributed by atoms with E-state index < -0.39 is 0 Å². The molecule has 1 N–H and O–H groups in total. The molecule has 1 fully saturated rings. The van der Waals surface area contributed by atoms with Gasteiger partial charge >= 0.3 is 0 Å². The number of hydrogen-bond donors (Lipinski definition) is 1. The molecule has 0 radical (unpaired) electrons. The van der Waals surface area contributed by atoms with Gasteiger partial charge in [-0.05, 0) is 26.3 Å². The number of fused-ring (bicyclic) bond motifs is 1. The lowest BCUT2D eigenvalue weighted by molar-refractivity contribution is 0.597. The van der Waals surface area contributed by atoms with E-state index in [-0.39, 0.29) is 0 Å². The average Bonchev–Trinajstić information content (AvgIpc) is 2.92. The lowest BCUT2D eigenvalue weighted by atomic mass is 10.1. The summed E-state index contributed by atoms with van der Waals surface area (Å²) in [6.07, 6.45) is 2.53. The molecule has 3 rings (SSSR count). The molecule has 0 saturated carbocycles. The maximum Gasteiger partial charge on any atom is 0.158 e. The van der Waals surface area contributed by atoms with Crippen LogP contribution in [0.5, 0.6) is 0 Å². The summed E-state index contributed by atoms with van der Waals surface area (Å²) in [5, 5.41) is 14.6. The molecule has 4 nitrogen and oxygen atoms in total. The quantitative estimate of drug-likeness (QED) is 0.913. The molecule has 0 bridgehead atoms. The Morgan fingerprint density at radius 3 is 2.79 bits per heavy atom. The van der Waals surface area contributed by atoms with Gasteiger partial charge in [0.25, 0.3) is 0 Å². The topological polar surface area (TPSA) is 41.1 Å². The predicted octanol–water partition coefficient (Wildman–Crippen LogP) is 2.13. The second kappa shape index (κ2) is 5.13. The second-order valence-corrected chi connectivity index (χ2v) is 5.33. The van der Waals surface area contributed by atoms with Gasteiger partial charge in [0.05, 0.1) is 5.69 Å². The fourth-order valence-electron chi connectivity index (χ4n) is 2.84. The molecule has 19 heavy (non-hydrogen) atoms. The Kier molecular flexibility index (Phi) is 3.34. The average molecular weight is 256 g/mol. The summed E-state index contributed by atoms with van der Waals surface area (Å²) < 4.78 is 0. The minimum absolute atomic E-state index is 0.576. The van der Waals surface area contributed by atoms with E-state index in [4.69, 9.17) is 0 Å². The van der Waals surface area contributed by atoms with Gasteiger partial charge in [0, 0.05) is 30.4 Å². The highest BCUT2D eigenvalue weighted by molar-refractivity contribution is 5.93. The molecule has 0 spiro atoms. The first-order valence-electron chi connectivity index (χ1n) is 6.92. The van der Waals surface area contributed by atoms with Crippen LogP contribution in [-0.4, -0.2) is 36.4 Å². The van der Waals surface area contributed by atoms with Crippen LogP contribution in [0.2, 0.25) is 0 Å². The fourth-order valence-corrected chi connectivity index (χ4v) is 2.84. The number of hydrogen-bond acceptors (Lipinski definition) is 4. The summed E-state index contributed by atoms with van der Waals surface area (Å²) in [4.78, 5) is 2.22. The first kappa shape index (κ1) is 12.4. The summed E-state index contributed by atoms with van der Waals surface area (Å²) in [6, 6.07) is 8.94. The number of nitrogens with one attached hydrogen (secondary N) is 1. The molecule has 1 saturated heterocycles. The summed E-state index contributed by atoms with van der Waals surface area (Å²) in [5.74, 6) is 0.981. The molecule has 2 heterocycles. The maximum atomic E-state index is 4.40. The summed E-state index contributed by atoms with van der Waals surface area (Å²) in [7, 11) is 2.10. The van der Waals surface area contributed by atoms with Crippen LogP contribution in [0.4, 0.5) is 5.82 Å². The zero-order chi connectivity index (χ0) is 13.2. The molecule has 1 aromatic carbocycles. The van der Waals surface area contributed by atoms with Crippen molar-refractivity contribution < 1.29 is 0 Å². The Hall–Kier alpha value is -1.68. The number of nitrogens with zero attached hydrogens (tertiary/aromatic N) is 3. The normalized spacial score (nSPS) is 18.9. The van der Waals surface area contributed by atoms with Crippen LogP contribution in [0.25, 0.3) is 10.8 Å². The van der Waals surface area contributed by atoms with Crippen LogP contribution in [0.15, 0.2) is 24.3 Å². The zero-order valence-corrected chi connectivity index (χ0v) is 11.6. The first-order valence-corrected chi connectivity index (χ1v) is 6.92. The van der Waals surface area contributed by atoms with Crippen molar-refractivity contribution in [3.05, 3.63) is 30.0 Å². The Bertz CT molecular complexity index is 575. The highest BCUT2D eigenvalue weighted by Gasteiger charge is 2.18. The Morgan fingerprint density at radius 2 is 2.05 bits per heavy atom. The Morgan fingerprint density at radius 1 is 1.26 bits per heavy atom. The molecular weight excluding hydrogens is 236 g/mol. The van der Waals surface area contributed by atoms with Crippen LogP contribution in [-0.2, 0) is 0 Å². The zero-order valence-electron chi connectivity index (χ0n) is 11.6. The smallest absolute Gasteiger partial charge is 0.158 e. The third-order valence-corrected chi connectivity index (χ3v) is 3.87. The van der Waals surface area contributed by atoms with Crippen LogP contribution in [0, 0.1) is 6.92 Å². The summed E-state index contributed by atoms with van der Waals surface area (Å²) >= 11 is 0. The lowest BCUT2D eigenvalue weighted by Crippen LogP contribution is -2.35. The molecular formula is C15H20N4. The van der Waals surface area contributed by atoms with Crippen LogP contribution in [0.3, 0.4) is 0 Å². The van der Waals surface area contributed by atoms with Crippen molar-refractivity contribution in [3.8, 4) is 0 Å². The predicted molar refractivity (Wildman–Crippen MR) is 78.6 cm³/mol. The minimum atomic E-state index is 0.576. The molecule has 1 atom stereocenters. The fraction of sp³-hybridized carbons (Fsp3) is 0.467.